The highest BCUT2D eigenvalue weighted by atomic mass is 16.4. The van der Waals surface area contributed by atoms with Crippen molar-refractivity contribution in [3.05, 3.63) is 71.1 Å². The van der Waals surface area contributed by atoms with Gasteiger partial charge in [0.1, 0.15) is 0 Å². The number of carbonyl (C=O) groups excluding carboxylic acids is 1. The van der Waals surface area contributed by atoms with Gasteiger partial charge in [0.2, 0.25) is 11.8 Å². The number of nitrogens with zero attached hydrogens (tertiary/aromatic N) is 4. The molecule has 7 nitrogen and oxygen atoms in total. The minimum atomic E-state index is -0.856. The van der Waals surface area contributed by atoms with Gasteiger partial charge < -0.3 is 15.1 Å². The summed E-state index contributed by atoms with van der Waals surface area (Å²) in [6.07, 6.45) is 8.23. The molecule has 0 radical (unpaired) electrons. The van der Waals surface area contributed by atoms with Crippen LogP contribution < -0.4 is 5.73 Å². The molecule has 1 saturated heterocycles. The van der Waals surface area contributed by atoms with E-state index in [4.69, 9.17) is 10.2 Å². The van der Waals surface area contributed by atoms with Gasteiger partial charge in [0.05, 0.1) is 17.0 Å². The quantitative estimate of drug-likeness (QED) is 0.404. The second-order valence-corrected chi connectivity index (χ2v) is 11.3. The number of hydrogen-bond donors (Lipinski definition) is 1. The van der Waals surface area contributed by atoms with Gasteiger partial charge in [-0.1, -0.05) is 56.5 Å². The summed E-state index contributed by atoms with van der Waals surface area (Å²) in [7, 11) is 0. The Labute approximate surface area is 225 Å². The van der Waals surface area contributed by atoms with Crippen molar-refractivity contribution in [2.45, 2.75) is 88.6 Å². The van der Waals surface area contributed by atoms with Crippen LogP contribution in [0.2, 0.25) is 0 Å². The second kappa shape index (κ2) is 10.7. The molecule has 2 aromatic carbocycles. The molecule has 0 bridgehead atoms. The molecule has 1 aromatic heterocycles. The fourth-order valence-electron chi connectivity index (χ4n) is 6.16. The van der Waals surface area contributed by atoms with E-state index in [-0.39, 0.29) is 11.9 Å². The number of hydrogen-bond acceptors (Lipinski definition) is 6. The van der Waals surface area contributed by atoms with E-state index in [1.165, 1.54) is 0 Å². The van der Waals surface area contributed by atoms with Crippen LogP contribution in [0.1, 0.15) is 92.6 Å². The first kappa shape index (κ1) is 26.1. The lowest BCUT2D eigenvalue weighted by molar-refractivity contribution is 0.0730. The fourth-order valence-corrected chi connectivity index (χ4v) is 6.16. The minimum absolute atomic E-state index is 0.0163. The Bertz CT molecular complexity index is 1320. The molecule has 1 unspecified atom stereocenters. The Hall–Kier alpha value is -3.50. The van der Waals surface area contributed by atoms with Gasteiger partial charge in [-0.15, -0.1) is 10.2 Å². The number of nitriles is 1. The number of rotatable bonds is 8. The summed E-state index contributed by atoms with van der Waals surface area (Å²) in [5.41, 5.74) is 8.37. The molecule has 2 aliphatic rings. The summed E-state index contributed by atoms with van der Waals surface area (Å²) in [5, 5.41) is 18.9. The first-order valence-electron chi connectivity index (χ1n) is 13.9. The van der Waals surface area contributed by atoms with Gasteiger partial charge in [0.25, 0.3) is 5.91 Å². The molecule has 1 aliphatic heterocycles. The zero-order chi connectivity index (χ0) is 26.8. The van der Waals surface area contributed by atoms with E-state index in [0.29, 0.717) is 29.3 Å². The molecule has 1 saturated carbocycles. The first-order chi connectivity index (χ1) is 18.3. The zero-order valence-corrected chi connectivity index (χ0v) is 22.4. The molecule has 38 heavy (non-hydrogen) atoms. The van der Waals surface area contributed by atoms with Crippen molar-refractivity contribution >= 4 is 5.91 Å². The fraction of sp³-hybridized carbons (Fsp3) is 0.484. The monoisotopic (exact) mass is 511 g/mol. The van der Waals surface area contributed by atoms with Crippen LogP contribution >= 0.6 is 0 Å². The second-order valence-electron chi connectivity index (χ2n) is 11.3. The van der Waals surface area contributed by atoms with Crippen molar-refractivity contribution in [3.63, 3.8) is 0 Å². The van der Waals surface area contributed by atoms with E-state index in [2.05, 4.69) is 23.2 Å². The Kier molecular flexibility index (Phi) is 7.36. The number of nitrogens with two attached hydrogens (primary N) is 1. The van der Waals surface area contributed by atoms with Gasteiger partial charge in [-0.2, -0.15) is 5.26 Å². The van der Waals surface area contributed by atoms with Gasteiger partial charge in [0, 0.05) is 23.7 Å². The van der Waals surface area contributed by atoms with Crippen LogP contribution in [0.4, 0.5) is 0 Å². The van der Waals surface area contributed by atoms with Crippen molar-refractivity contribution in [1.82, 2.24) is 15.1 Å². The number of likely N-dealkylation sites (tertiary alicyclic amines) is 1. The lowest BCUT2D eigenvalue weighted by Crippen LogP contribution is -2.36. The maximum Gasteiger partial charge on any atom is 0.254 e. The van der Waals surface area contributed by atoms with E-state index in [1.54, 1.807) is 0 Å². The Morgan fingerprint density at radius 1 is 1.18 bits per heavy atom. The third-order valence-corrected chi connectivity index (χ3v) is 8.24. The third-order valence-electron chi connectivity index (χ3n) is 8.24. The standard InChI is InChI=1S/C31H37N5O2/c1-3-10-26-13-9-16-36(26)28(37)24-17-23(18-25(19-24)31(21-32)14-7-8-15-31)27-34-35-29(38-27)30(2,33)20-22-11-5-4-6-12-22/h4-6,11-12,17-19,26H,3,7-10,13-16,20,33H2,1-2H3/t26?,30-/m1/s1. The number of amides is 1. The summed E-state index contributed by atoms with van der Waals surface area (Å²) in [4.78, 5) is 15.8. The Balaban J connectivity index is 1.52. The molecule has 3 aromatic rings. The smallest absolute Gasteiger partial charge is 0.254 e. The van der Waals surface area contributed by atoms with Crippen LogP contribution in [0.15, 0.2) is 52.9 Å². The van der Waals surface area contributed by atoms with Gasteiger partial charge >= 0.3 is 0 Å². The van der Waals surface area contributed by atoms with Gasteiger partial charge in [-0.25, -0.2) is 0 Å². The Morgan fingerprint density at radius 3 is 2.66 bits per heavy atom. The molecule has 2 atom stereocenters. The topological polar surface area (TPSA) is 109 Å². The predicted octanol–water partition coefficient (Wildman–Crippen LogP) is 5.89. The highest BCUT2D eigenvalue weighted by Gasteiger charge is 2.38. The first-order valence-corrected chi connectivity index (χ1v) is 13.9. The molecule has 7 heteroatoms. The third kappa shape index (κ3) is 5.10. The van der Waals surface area contributed by atoms with Crippen molar-refractivity contribution < 1.29 is 9.21 Å². The normalized spacial score (nSPS) is 20.3. The van der Waals surface area contributed by atoms with Gasteiger partial charge in [-0.3, -0.25) is 4.79 Å². The van der Waals surface area contributed by atoms with E-state index >= 15 is 0 Å². The summed E-state index contributed by atoms with van der Waals surface area (Å²) in [6, 6.07) is 18.6. The predicted molar refractivity (Wildman–Crippen MR) is 146 cm³/mol. The maximum absolute atomic E-state index is 13.8. The van der Waals surface area contributed by atoms with E-state index in [0.717, 1.165) is 69.0 Å². The van der Waals surface area contributed by atoms with Crippen LogP contribution in [-0.4, -0.2) is 33.6 Å². The van der Waals surface area contributed by atoms with Gasteiger partial charge in [0.15, 0.2) is 0 Å². The largest absolute Gasteiger partial charge is 0.419 e. The summed E-state index contributed by atoms with van der Waals surface area (Å²) < 4.78 is 6.16. The molecule has 5 rings (SSSR count). The lowest BCUT2D eigenvalue weighted by Gasteiger charge is -2.26. The van der Waals surface area contributed by atoms with Crippen LogP contribution in [0.25, 0.3) is 11.5 Å². The van der Waals surface area contributed by atoms with E-state index in [1.807, 2.05) is 60.4 Å². The van der Waals surface area contributed by atoms with Crippen LogP contribution in [0, 0.1) is 11.3 Å². The van der Waals surface area contributed by atoms with Crippen molar-refractivity contribution in [3.8, 4) is 17.5 Å². The average Bonchev–Trinajstić information content (AvgIpc) is 3.70. The summed E-state index contributed by atoms with van der Waals surface area (Å²) >= 11 is 0. The zero-order valence-electron chi connectivity index (χ0n) is 22.4. The Morgan fingerprint density at radius 2 is 1.95 bits per heavy atom. The molecular weight excluding hydrogens is 474 g/mol. The van der Waals surface area contributed by atoms with Gasteiger partial charge in [-0.05, 0) is 74.8 Å². The number of carbonyl (C=O) groups is 1. The molecular formula is C31H37N5O2. The molecule has 0 spiro atoms. The molecule has 1 amide bonds. The van der Waals surface area contributed by atoms with Crippen molar-refractivity contribution in [2.24, 2.45) is 5.73 Å². The molecule has 2 heterocycles. The molecule has 2 N–H and O–H groups in total. The highest BCUT2D eigenvalue weighted by Crippen LogP contribution is 2.42. The number of benzene rings is 2. The SMILES string of the molecule is CCCC1CCCN1C(=O)c1cc(-c2nnc([C@](C)(N)Cc3ccccc3)o2)cc(C2(C#N)CCCC2)c1. The van der Waals surface area contributed by atoms with Crippen LogP contribution in [-0.2, 0) is 17.4 Å². The van der Waals surface area contributed by atoms with Crippen molar-refractivity contribution in [2.75, 3.05) is 6.54 Å². The van der Waals surface area contributed by atoms with Crippen LogP contribution in [0.3, 0.4) is 0 Å². The minimum Gasteiger partial charge on any atom is -0.419 e. The summed E-state index contributed by atoms with van der Waals surface area (Å²) in [5.74, 6) is 0.675. The highest BCUT2D eigenvalue weighted by molar-refractivity contribution is 5.96. The lowest BCUT2D eigenvalue weighted by atomic mass is 9.79. The summed E-state index contributed by atoms with van der Waals surface area (Å²) in [6.45, 7) is 4.81. The van der Waals surface area contributed by atoms with Crippen molar-refractivity contribution in [1.29, 1.82) is 5.26 Å². The average molecular weight is 512 g/mol. The van der Waals surface area contributed by atoms with Crippen LogP contribution in [0.5, 0.6) is 0 Å². The molecule has 2 fully saturated rings. The molecule has 1 aliphatic carbocycles. The maximum atomic E-state index is 13.8. The van der Waals surface area contributed by atoms with E-state index in [9.17, 15) is 10.1 Å². The number of aromatic nitrogens is 2. The molecule has 198 valence electrons. The van der Waals surface area contributed by atoms with E-state index < -0.39 is 11.0 Å².